The average molecular weight is 509 g/mol. The van der Waals surface area contributed by atoms with Gasteiger partial charge in [0.2, 0.25) is 0 Å². The van der Waals surface area contributed by atoms with E-state index in [1.54, 1.807) is 27.4 Å². The summed E-state index contributed by atoms with van der Waals surface area (Å²) in [4.78, 5) is 32.5. The first-order valence-corrected chi connectivity index (χ1v) is 12.9. The van der Waals surface area contributed by atoms with Crippen LogP contribution in [0.3, 0.4) is 0 Å². The number of urea groups is 2. The maximum Gasteiger partial charge on any atom is 0.325 e. The molecule has 5 rings (SSSR count). The van der Waals surface area contributed by atoms with E-state index in [-0.39, 0.29) is 18.2 Å². The Balaban J connectivity index is 1.36. The number of piperidine rings is 1. The van der Waals surface area contributed by atoms with Gasteiger partial charge < -0.3 is 29.3 Å². The van der Waals surface area contributed by atoms with Crippen molar-refractivity contribution in [1.82, 2.24) is 14.7 Å². The maximum absolute atomic E-state index is 13.7. The summed E-state index contributed by atoms with van der Waals surface area (Å²) < 4.78 is 16.6. The number of likely N-dealkylation sites (N-methyl/N-ethyl adjacent to an activating group) is 1. The minimum Gasteiger partial charge on any atom is -0.501 e. The number of carbonyl (C=O) groups excluding carboxylic acids is 2. The highest BCUT2D eigenvalue weighted by Crippen LogP contribution is 2.46. The van der Waals surface area contributed by atoms with Crippen LogP contribution in [-0.2, 0) is 9.47 Å². The molecule has 1 atom stereocenters. The Bertz CT molecular complexity index is 1160. The van der Waals surface area contributed by atoms with Crippen molar-refractivity contribution in [3.8, 4) is 5.75 Å². The Hall–Kier alpha value is -3.46. The van der Waals surface area contributed by atoms with Gasteiger partial charge in [-0.05, 0) is 55.5 Å². The number of methoxy groups -OCH3 is 3. The molecule has 3 heterocycles. The van der Waals surface area contributed by atoms with Crippen molar-refractivity contribution in [1.29, 1.82) is 0 Å². The van der Waals surface area contributed by atoms with Crippen molar-refractivity contribution >= 4 is 17.7 Å². The van der Waals surface area contributed by atoms with E-state index in [1.165, 1.54) is 5.57 Å². The van der Waals surface area contributed by atoms with Gasteiger partial charge in [0, 0.05) is 50.6 Å². The molecule has 9 nitrogen and oxygen atoms in total. The zero-order chi connectivity index (χ0) is 26.2. The summed E-state index contributed by atoms with van der Waals surface area (Å²) in [5.74, 6) is 1.57. The van der Waals surface area contributed by atoms with Gasteiger partial charge in [-0.15, -0.1) is 0 Å². The van der Waals surface area contributed by atoms with E-state index in [0.29, 0.717) is 56.9 Å². The topological polar surface area (TPSA) is 83.6 Å². The third kappa shape index (κ3) is 4.35. The molecule has 0 saturated carbocycles. The number of hydrogen-bond acceptors (Lipinski definition) is 5. The van der Waals surface area contributed by atoms with Gasteiger partial charge in [0.25, 0.3) is 0 Å². The number of nitrogens with zero attached hydrogens (tertiary/aromatic N) is 3. The Morgan fingerprint density at radius 3 is 2.62 bits per heavy atom. The number of anilines is 1. The van der Waals surface area contributed by atoms with Crippen LogP contribution in [0, 0.1) is 0 Å². The molecular weight excluding hydrogens is 472 g/mol. The summed E-state index contributed by atoms with van der Waals surface area (Å²) in [6, 6.07) is 7.24. The molecule has 1 spiro atoms. The molecule has 0 radical (unpaired) electrons. The fourth-order valence-corrected chi connectivity index (χ4v) is 6.23. The zero-order valence-corrected chi connectivity index (χ0v) is 22.1. The lowest BCUT2D eigenvalue weighted by molar-refractivity contribution is 0.105. The fraction of sp³-hybridized carbons (Fsp3) is 0.500. The molecule has 1 unspecified atom stereocenters. The minimum atomic E-state index is -0.413. The van der Waals surface area contributed by atoms with Gasteiger partial charge in [-0.1, -0.05) is 12.1 Å². The minimum absolute atomic E-state index is 0.0312. The largest absolute Gasteiger partial charge is 0.501 e. The number of rotatable bonds is 5. The quantitative estimate of drug-likeness (QED) is 0.639. The van der Waals surface area contributed by atoms with E-state index >= 15 is 0 Å². The van der Waals surface area contributed by atoms with Gasteiger partial charge in [-0.3, -0.25) is 4.90 Å². The smallest absolute Gasteiger partial charge is 0.325 e. The van der Waals surface area contributed by atoms with Crippen molar-refractivity contribution < 1.29 is 23.8 Å². The lowest BCUT2D eigenvalue weighted by Gasteiger charge is -2.44. The van der Waals surface area contributed by atoms with Crippen LogP contribution in [0.4, 0.5) is 15.3 Å². The second kappa shape index (κ2) is 10.1. The predicted octanol–water partition coefficient (Wildman–Crippen LogP) is 4.35. The third-order valence-corrected chi connectivity index (χ3v) is 8.17. The van der Waals surface area contributed by atoms with Crippen LogP contribution in [-0.4, -0.2) is 85.9 Å². The van der Waals surface area contributed by atoms with E-state index in [0.717, 1.165) is 23.5 Å². The number of allylic oxidation sites excluding steroid dienone is 1. The van der Waals surface area contributed by atoms with Gasteiger partial charge in [-0.2, -0.15) is 0 Å². The van der Waals surface area contributed by atoms with E-state index in [1.807, 2.05) is 39.8 Å². The molecule has 37 heavy (non-hydrogen) atoms. The number of amides is 4. The maximum atomic E-state index is 13.7. The summed E-state index contributed by atoms with van der Waals surface area (Å²) in [5, 5.41) is 2.98. The SMILES string of the molecule is CCN1C(=O)N2CC3=C(CC=C2C12CCN(C(=O)Nc1cccc(OC)c1)CC2)C(OC)CC(OC)=C3. The van der Waals surface area contributed by atoms with Gasteiger partial charge in [0.05, 0.1) is 38.2 Å². The number of hydrogen-bond donors (Lipinski definition) is 1. The molecule has 1 aromatic carbocycles. The van der Waals surface area contributed by atoms with E-state index in [2.05, 4.69) is 17.5 Å². The number of likely N-dealkylation sites (tertiary alicyclic amines) is 1. The molecule has 0 aromatic heterocycles. The Labute approximate surface area is 218 Å². The molecule has 2 saturated heterocycles. The highest BCUT2D eigenvalue weighted by atomic mass is 16.5. The van der Waals surface area contributed by atoms with Crippen LogP contribution in [0.25, 0.3) is 0 Å². The molecule has 9 heteroatoms. The Kier molecular flexibility index (Phi) is 6.90. The van der Waals surface area contributed by atoms with Crippen molar-refractivity contribution in [3.63, 3.8) is 0 Å². The van der Waals surface area contributed by atoms with Crippen LogP contribution < -0.4 is 10.1 Å². The van der Waals surface area contributed by atoms with E-state index in [9.17, 15) is 9.59 Å². The molecule has 2 fully saturated rings. The van der Waals surface area contributed by atoms with Gasteiger partial charge in [-0.25, -0.2) is 9.59 Å². The molecule has 1 N–H and O–H groups in total. The second-order valence-corrected chi connectivity index (χ2v) is 9.88. The predicted molar refractivity (Wildman–Crippen MR) is 140 cm³/mol. The number of benzene rings is 1. The van der Waals surface area contributed by atoms with Crippen molar-refractivity contribution in [3.05, 3.63) is 59.0 Å². The molecule has 1 aromatic rings. The van der Waals surface area contributed by atoms with Crippen molar-refractivity contribution in [2.75, 3.05) is 52.8 Å². The summed E-state index contributed by atoms with van der Waals surface area (Å²) in [6.07, 6.45) is 7.06. The standard InChI is InChI=1S/C28H36N4O5/c1-5-32-27(34)31-18-19-15-22(36-3)17-24(37-4)23(19)9-10-25(31)28(32)11-13-30(14-12-28)26(33)29-20-7-6-8-21(16-20)35-2/h6-8,10,15-16,24H,5,9,11-14,17-18H2,1-4H3,(H,29,33). The van der Waals surface area contributed by atoms with Crippen LogP contribution in [0.2, 0.25) is 0 Å². The summed E-state index contributed by atoms with van der Waals surface area (Å²) >= 11 is 0. The number of nitrogens with one attached hydrogen (secondary N) is 1. The number of ether oxygens (including phenoxy) is 3. The van der Waals surface area contributed by atoms with Crippen LogP contribution in [0.1, 0.15) is 32.6 Å². The number of carbonyl (C=O) groups is 2. The third-order valence-electron chi connectivity index (χ3n) is 8.17. The molecule has 3 aliphatic heterocycles. The first-order chi connectivity index (χ1) is 17.9. The highest BCUT2D eigenvalue weighted by molar-refractivity contribution is 5.90. The van der Waals surface area contributed by atoms with Crippen LogP contribution in [0.15, 0.2) is 59.0 Å². The summed E-state index contributed by atoms with van der Waals surface area (Å²) in [6.45, 7) is 4.28. The molecule has 198 valence electrons. The van der Waals surface area contributed by atoms with E-state index in [4.69, 9.17) is 14.2 Å². The average Bonchev–Trinajstić information content (AvgIpc) is 3.04. The zero-order valence-electron chi connectivity index (χ0n) is 22.1. The highest BCUT2D eigenvalue weighted by Gasteiger charge is 2.55. The second-order valence-electron chi connectivity index (χ2n) is 9.88. The lowest BCUT2D eigenvalue weighted by Crippen LogP contribution is -2.55. The summed E-state index contributed by atoms with van der Waals surface area (Å²) in [5.41, 5.74) is 3.65. The fourth-order valence-electron chi connectivity index (χ4n) is 6.23. The molecular formula is C28H36N4O5. The normalized spacial score (nSPS) is 22.8. The summed E-state index contributed by atoms with van der Waals surface area (Å²) in [7, 11) is 5.01. The molecule has 4 amide bonds. The Morgan fingerprint density at radius 1 is 1.16 bits per heavy atom. The molecule has 0 bridgehead atoms. The first-order valence-electron chi connectivity index (χ1n) is 12.9. The van der Waals surface area contributed by atoms with Crippen LogP contribution in [0.5, 0.6) is 5.75 Å². The molecule has 1 aliphatic carbocycles. The first kappa shape index (κ1) is 25.2. The molecule has 4 aliphatic rings. The Morgan fingerprint density at radius 2 is 1.95 bits per heavy atom. The van der Waals surface area contributed by atoms with Crippen molar-refractivity contribution in [2.24, 2.45) is 0 Å². The lowest BCUT2D eigenvalue weighted by atomic mass is 9.83. The number of fused-ring (bicyclic) bond motifs is 2. The van der Waals surface area contributed by atoms with Gasteiger partial charge >= 0.3 is 12.1 Å². The van der Waals surface area contributed by atoms with Gasteiger partial charge in [0.15, 0.2) is 0 Å². The van der Waals surface area contributed by atoms with E-state index < -0.39 is 5.54 Å². The van der Waals surface area contributed by atoms with Gasteiger partial charge in [0.1, 0.15) is 5.75 Å². The van der Waals surface area contributed by atoms with Crippen molar-refractivity contribution in [2.45, 2.75) is 44.2 Å². The van der Waals surface area contributed by atoms with Crippen LogP contribution >= 0.6 is 0 Å². The monoisotopic (exact) mass is 508 g/mol.